The predicted octanol–water partition coefficient (Wildman–Crippen LogP) is 5.13. The number of nitrogens with one attached hydrogen (secondary N) is 1. The second-order valence-corrected chi connectivity index (χ2v) is 9.57. The van der Waals surface area contributed by atoms with Crippen LogP contribution in [0.1, 0.15) is 46.9 Å². The summed E-state index contributed by atoms with van der Waals surface area (Å²) < 4.78 is 13.5. The topological polar surface area (TPSA) is 55.8 Å². The summed E-state index contributed by atoms with van der Waals surface area (Å²) in [5.74, 6) is -0.324. The molecule has 0 bridgehead atoms. The highest BCUT2D eigenvalue weighted by Gasteiger charge is 2.34. The molecule has 1 fully saturated rings. The number of hydrogen-bond donors (Lipinski definition) is 2. The largest absolute Gasteiger partial charge is 0.508 e. The summed E-state index contributed by atoms with van der Waals surface area (Å²) in [7, 11) is 0. The fourth-order valence-electron chi connectivity index (χ4n) is 5.06. The third-order valence-electron chi connectivity index (χ3n) is 6.85. The molecule has 1 aliphatic heterocycles. The van der Waals surface area contributed by atoms with E-state index in [4.69, 9.17) is 0 Å². The maximum atomic E-state index is 13.5. The molecule has 0 radical (unpaired) electrons. The Morgan fingerprint density at radius 1 is 1.06 bits per heavy atom. The van der Waals surface area contributed by atoms with Crippen molar-refractivity contribution in [3.63, 3.8) is 0 Å². The summed E-state index contributed by atoms with van der Waals surface area (Å²) in [5, 5.41) is 13.1. The molecule has 3 unspecified atom stereocenters. The molecular formula is C30H34FN3O2. The lowest BCUT2D eigenvalue weighted by Crippen LogP contribution is -2.57. The van der Waals surface area contributed by atoms with Gasteiger partial charge in [-0.2, -0.15) is 0 Å². The first-order chi connectivity index (χ1) is 17.4. The molecule has 3 atom stereocenters. The van der Waals surface area contributed by atoms with Crippen LogP contribution in [0.25, 0.3) is 0 Å². The number of nitrogens with zero attached hydrogens (tertiary/aromatic N) is 2. The second kappa shape index (κ2) is 11.5. The van der Waals surface area contributed by atoms with Crippen LogP contribution in [0, 0.1) is 5.82 Å². The Morgan fingerprint density at radius 2 is 1.78 bits per heavy atom. The molecule has 4 rings (SSSR count). The summed E-state index contributed by atoms with van der Waals surface area (Å²) >= 11 is 0. The van der Waals surface area contributed by atoms with Gasteiger partial charge in [-0.15, -0.1) is 6.58 Å². The van der Waals surface area contributed by atoms with Crippen molar-refractivity contribution in [3.8, 4) is 5.75 Å². The zero-order valence-electron chi connectivity index (χ0n) is 20.9. The highest BCUT2D eigenvalue weighted by molar-refractivity contribution is 5.94. The maximum absolute atomic E-state index is 13.5. The fraction of sp³-hybridized carbons (Fsp3) is 0.300. The standard InChI is InChI=1S/C30H34FN3O2/c1-4-14-33-19-22(3)34(20-21(33)2)29(25-10-7-13-28(35)17-25)24-9-6-11-26(16-24)30(36)32-18-23-8-5-12-27(31)15-23/h4-13,15-17,21-22,29,35H,1,14,18-20H2,2-3H3,(H,32,36). The molecule has 0 saturated carbocycles. The number of halogens is 1. The van der Waals surface area contributed by atoms with Crippen LogP contribution in [0.5, 0.6) is 5.75 Å². The van der Waals surface area contributed by atoms with Gasteiger partial charge in [-0.3, -0.25) is 14.6 Å². The summed E-state index contributed by atoms with van der Waals surface area (Å²) in [4.78, 5) is 17.9. The van der Waals surface area contributed by atoms with Crippen LogP contribution in [-0.4, -0.2) is 52.5 Å². The lowest BCUT2D eigenvalue weighted by molar-refractivity contribution is 0.0306. The van der Waals surface area contributed by atoms with Crippen LogP contribution in [0.2, 0.25) is 0 Å². The van der Waals surface area contributed by atoms with Gasteiger partial charge in [0.25, 0.3) is 5.91 Å². The van der Waals surface area contributed by atoms with Crippen LogP contribution in [0.3, 0.4) is 0 Å². The Morgan fingerprint density at radius 3 is 2.50 bits per heavy atom. The van der Waals surface area contributed by atoms with E-state index in [1.807, 2.05) is 36.4 Å². The molecule has 188 valence electrons. The van der Waals surface area contributed by atoms with E-state index in [0.29, 0.717) is 17.2 Å². The Hall–Kier alpha value is -3.48. The third kappa shape index (κ3) is 6.01. The number of amides is 1. The number of benzene rings is 3. The van der Waals surface area contributed by atoms with E-state index in [9.17, 15) is 14.3 Å². The lowest BCUT2D eigenvalue weighted by Gasteiger charge is -2.47. The van der Waals surface area contributed by atoms with E-state index in [2.05, 4.69) is 35.5 Å². The average Bonchev–Trinajstić information content (AvgIpc) is 2.86. The van der Waals surface area contributed by atoms with Gasteiger partial charge in [-0.25, -0.2) is 4.39 Å². The first kappa shape index (κ1) is 25.6. The number of piperazine rings is 1. The molecular weight excluding hydrogens is 453 g/mol. The quantitative estimate of drug-likeness (QED) is 0.433. The van der Waals surface area contributed by atoms with Crippen molar-refractivity contribution in [1.29, 1.82) is 0 Å². The zero-order chi connectivity index (χ0) is 25.7. The normalized spacial score (nSPS) is 19.5. The minimum Gasteiger partial charge on any atom is -0.508 e. The van der Waals surface area contributed by atoms with Crippen molar-refractivity contribution in [3.05, 3.63) is 114 Å². The summed E-state index contributed by atoms with van der Waals surface area (Å²) in [6, 6.07) is 21.7. The molecule has 1 saturated heterocycles. The van der Waals surface area contributed by atoms with Gasteiger partial charge in [0.2, 0.25) is 0 Å². The van der Waals surface area contributed by atoms with E-state index < -0.39 is 0 Å². The van der Waals surface area contributed by atoms with Gasteiger partial charge in [-0.05, 0) is 66.9 Å². The van der Waals surface area contributed by atoms with Crippen molar-refractivity contribution in [1.82, 2.24) is 15.1 Å². The Balaban J connectivity index is 1.62. The number of aromatic hydroxyl groups is 1. The molecule has 3 aromatic carbocycles. The van der Waals surface area contributed by atoms with Crippen LogP contribution in [0.4, 0.5) is 4.39 Å². The van der Waals surface area contributed by atoms with Crippen LogP contribution in [0.15, 0.2) is 85.5 Å². The van der Waals surface area contributed by atoms with E-state index in [1.54, 1.807) is 30.3 Å². The van der Waals surface area contributed by atoms with Gasteiger partial charge in [0, 0.05) is 43.8 Å². The fourth-order valence-corrected chi connectivity index (χ4v) is 5.06. The first-order valence-electron chi connectivity index (χ1n) is 12.4. The van der Waals surface area contributed by atoms with Crippen molar-refractivity contribution in [2.45, 2.75) is 38.5 Å². The number of carbonyl (C=O) groups excluding carboxylic acids is 1. The van der Waals surface area contributed by atoms with Crippen molar-refractivity contribution in [2.75, 3.05) is 19.6 Å². The van der Waals surface area contributed by atoms with E-state index in [0.717, 1.165) is 30.8 Å². The number of rotatable bonds is 8. The van der Waals surface area contributed by atoms with E-state index >= 15 is 0 Å². The summed E-state index contributed by atoms with van der Waals surface area (Å²) in [6.07, 6.45) is 1.94. The van der Waals surface area contributed by atoms with Crippen LogP contribution < -0.4 is 5.32 Å². The number of phenolic OH excluding ortho intramolecular Hbond substituents is 1. The van der Waals surface area contributed by atoms with Crippen molar-refractivity contribution < 1.29 is 14.3 Å². The highest BCUT2D eigenvalue weighted by atomic mass is 19.1. The monoisotopic (exact) mass is 487 g/mol. The highest BCUT2D eigenvalue weighted by Crippen LogP contribution is 2.34. The van der Waals surface area contributed by atoms with Gasteiger partial charge in [0.15, 0.2) is 0 Å². The molecule has 2 N–H and O–H groups in total. The minimum atomic E-state index is -0.325. The SMILES string of the molecule is C=CCN1CC(C)N(C(c2cccc(O)c2)c2cccc(C(=O)NCc3cccc(F)c3)c2)CC1C. The molecule has 0 spiro atoms. The summed E-state index contributed by atoms with van der Waals surface area (Å²) in [6.45, 7) is 11.2. The van der Waals surface area contributed by atoms with Gasteiger partial charge in [-0.1, -0.05) is 42.5 Å². The van der Waals surface area contributed by atoms with Crippen LogP contribution >= 0.6 is 0 Å². The Labute approximate surface area is 212 Å². The zero-order valence-corrected chi connectivity index (χ0v) is 20.9. The smallest absolute Gasteiger partial charge is 0.251 e. The lowest BCUT2D eigenvalue weighted by atomic mass is 9.92. The Kier molecular flexibility index (Phi) is 8.18. The summed E-state index contributed by atoms with van der Waals surface area (Å²) in [5.41, 5.74) is 3.20. The molecule has 3 aromatic rings. The van der Waals surface area contributed by atoms with Crippen molar-refractivity contribution >= 4 is 5.91 Å². The van der Waals surface area contributed by atoms with Gasteiger partial charge >= 0.3 is 0 Å². The van der Waals surface area contributed by atoms with E-state index in [1.165, 1.54) is 12.1 Å². The first-order valence-corrected chi connectivity index (χ1v) is 12.4. The number of phenols is 1. The number of hydrogen-bond acceptors (Lipinski definition) is 4. The molecule has 1 heterocycles. The predicted molar refractivity (Wildman–Crippen MR) is 141 cm³/mol. The Bertz CT molecular complexity index is 1210. The molecule has 5 nitrogen and oxygen atoms in total. The van der Waals surface area contributed by atoms with Gasteiger partial charge in [0.05, 0.1) is 6.04 Å². The second-order valence-electron chi connectivity index (χ2n) is 9.57. The molecule has 0 aromatic heterocycles. The molecule has 1 aliphatic rings. The number of carbonyl (C=O) groups is 1. The molecule has 1 amide bonds. The van der Waals surface area contributed by atoms with Crippen molar-refractivity contribution in [2.24, 2.45) is 0 Å². The minimum absolute atomic E-state index is 0.128. The van der Waals surface area contributed by atoms with Gasteiger partial charge in [0.1, 0.15) is 11.6 Å². The molecule has 6 heteroatoms. The van der Waals surface area contributed by atoms with Gasteiger partial charge < -0.3 is 10.4 Å². The average molecular weight is 488 g/mol. The third-order valence-corrected chi connectivity index (χ3v) is 6.85. The maximum Gasteiger partial charge on any atom is 0.251 e. The van der Waals surface area contributed by atoms with E-state index in [-0.39, 0.29) is 36.1 Å². The molecule has 36 heavy (non-hydrogen) atoms. The van der Waals surface area contributed by atoms with Crippen LogP contribution in [-0.2, 0) is 6.54 Å². The molecule has 0 aliphatic carbocycles.